The number of hydrogen-bond donors (Lipinski definition) is 1. The van der Waals surface area contributed by atoms with Gasteiger partial charge in [-0.15, -0.1) is 0 Å². The molecule has 0 aliphatic rings. The van der Waals surface area contributed by atoms with Crippen molar-refractivity contribution in [3.8, 4) is 0 Å². The summed E-state index contributed by atoms with van der Waals surface area (Å²) < 4.78 is 10.2. The zero-order chi connectivity index (χ0) is 10.6. The fourth-order valence-corrected chi connectivity index (χ4v) is 1.23. The summed E-state index contributed by atoms with van der Waals surface area (Å²) in [5.41, 5.74) is 0. The molecule has 1 aromatic heterocycles. The molecule has 0 unspecified atom stereocenters. The van der Waals surface area contributed by atoms with Gasteiger partial charge in [0.25, 0.3) is 0 Å². The van der Waals surface area contributed by atoms with E-state index in [1.165, 1.54) is 12.3 Å². The molecule has 6 nitrogen and oxygen atoms in total. The molecule has 1 heterocycles. The molecule has 1 N–H and O–H groups in total. The van der Waals surface area contributed by atoms with Gasteiger partial charge in [-0.2, -0.15) is 0 Å². The van der Waals surface area contributed by atoms with Crippen molar-refractivity contribution < 1.29 is 78.3 Å². The average molecular weight is 260 g/mol. The third-order valence-electron chi connectivity index (χ3n) is 1.27. The van der Waals surface area contributed by atoms with Crippen LogP contribution in [0.1, 0.15) is 0 Å². The summed E-state index contributed by atoms with van der Waals surface area (Å²) in [7, 11) is -4.80. The van der Waals surface area contributed by atoms with Gasteiger partial charge in [0.05, 0.1) is 6.16 Å². The first-order valence-electron chi connectivity index (χ1n) is 3.69. The zero-order valence-electron chi connectivity index (χ0n) is 9.04. The van der Waals surface area contributed by atoms with Crippen molar-refractivity contribution in [1.82, 2.24) is 4.98 Å². The van der Waals surface area contributed by atoms with Gasteiger partial charge in [0.2, 0.25) is 5.91 Å². The molecule has 76 valence electrons. The van der Waals surface area contributed by atoms with E-state index >= 15 is 0 Å². The van der Waals surface area contributed by atoms with Crippen LogP contribution in [0.3, 0.4) is 0 Å². The molecular weight excluding hydrogens is 253 g/mol. The van der Waals surface area contributed by atoms with E-state index in [0.717, 1.165) is 0 Å². The number of amides is 1. The van der Waals surface area contributed by atoms with E-state index in [1.807, 2.05) is 0 Å². The van der Waals surface area contributed by atoms with E-state index < -0.39 is 19.7 Å². The van der Waals surface area contributed by atoms with Gasteiger partial charge in [-0.25, -0.2) is 4.98 Å². The van der Waals surface area contributed by atoms with Gasteiger partial charge in [0, 0.05) is 6.20 Å². The minimum atomic E-state index is -4.80. The molecular formula is C7H7N2Na2O4P. The van der Waals surface area contributed by atoms with Gasteiger partial charge in [-0.3, -0.25) is 4.79 Å². The number of rotatable bonds is 3. The average Bonchev–Trinajstić information content (AvgIpc) is 2.02. The summed E-state index contributed by atoms with van der Waals surface area (Å²) in [5.74, 6) is -0.664. The Morgan fingerprint density at radius 1 is 1.38 bits per heavy atom. The number of hydrogen-bond acceptors (Lipinski definition) is 5. The maximum Gasteiger partial charge on any atom is 1.00 e. The molecule has 0 aromatic carbocycles. The quantitative estimate of drug-likeness (QED) is 0.429. The smallest absolute Gasteiger partial charge is 0.810 e. The van der Waals surface area contributed by atoms with Crippen LogP contribution in [0.5, 0.6) is 0 Å². The SMILES string of the molecule is O=C(CP(=O)([O-])[O-])Nc1ccccn1.[Na+].[Na+]. The van der Waals surface area contributed by atoms with Crippen molar-refractivity contribution >= 4 is 19.3 Å². The molecule has 9 heteroatoms. The predicted molar refractivity (Wildman–Crippen MR) is 45.3 cm³/mol. The number of carbonyl (C=O) groups is 1. The molecule has 0 spiro atoms. The monoisotopic (exact) mass is 260 g/mol. The van der Waals surface area contributed by atoms with Gasteiger partial charge < -0.3 is 19.7 Å². The molecule has 0 bridgehead atoms. The fraction of sp³-hybridized carbons (Fsp3) is 0.143. The van der Waals surface area contributed by atoms with Crippen LogP contribution >= 0.6 is 7.60 Å². The van der Waals surface area contributed by atoms with Crippen LogP contribution in [0, 0.1) is 0 Å². The number of carbonyl (C=O) groups excluding carboxylic acids is 1. The minimum Gasteiger partial charge on any atom is -0.810 e. The van der Waals surface area contributed by atoms with Crippen molar-refractivity contribution in [2.24, 2.45) is 0 Å². The number of nitrogens with one attached hydrogen (secondary N) is 1. The second-order valence-electron chi connectivity index (χ2n) is 2.53. The zero-order valence-corrected chi connectivity index (χ0v) is 13.9. The Labute approximate surface area is 137 Å². The third kappa shape index (κ3) is 8.87. The Kier molecular flexibility index (Phi) is 10.5. The molecule has 0 radical (unpaired) electrons. The standard InChI is InChI=1S/C7H9N2O4P.2Na/c10-7(5-14(11,12)13)9-6-3-1-2-4-8-6;;/h1-4H,5H2,(H,8,9,10)(H2,11,12,13);;/q;2*+1/p-2. The minimum absolute atomic E-state index is 0. The van der Waals surface area contributed by atoms with Crippen LogP contribution in [-0.4, -0.2) is 17.1 Å². The summed E-state index contributed by atoms with van der Waals surface area (Å²) in [4.78, 5) is 35.1. The van der Waals surface area contributed by atoms with Crippen LogP contribution in [0.4, 0.5) is 5.82 Å². The van der Waals surface area contributed by atoms with Crippen LogP contribution < -0.4 is 74.2 Å². The number of anilines is 1. The van der Waals surface area contributed by atoms with E-state index in [0.29, 0.717) is 0 Å². The maximum absolute atomic E-state index is 10.9. The van der Waals surface area contributed by atoms with Crippen LogP contribution in [0.25, 0.3) is 0 Å². The molecule has 0 aliphatic carbocycles. The molecule has 0 aliphatic heterocycles. The maximum atomic E-state index is 10.9. The third-order valence-corrected chi connectivity index (χ3v) is 1.94. The predicted octanol–water partition coefficient (Wildman–Crippen LogP) is -7.06. The first-order valence-corrected chi connectivity index (χ1v) is 5.42. The number of nitrogens with zero attached hydrogens (tertiary/aromatic N) is 1. The van der Waals surface area contributed by atoms with Crippen molar-refractivity contribution in [3.05, 3.63) is 24.4 Å². The largest absolute Gasteiger partial charge is 1.00 e. The van der Waals surface area contributed by atoms with E-state index in [4.69, 9.17) is 0 Å². The Morgan fingerprint density at radius 2 is 2.00 bits per heavy atom. The molecule has 0 saturated heterocycles. The molecule has 1 aromatic rings. The van der Waals surface area contributed by atoms with Crippen LogP contribution in [0.2, 0.25) is 0 Å². The molecule has 0 saturated carbocycles. The van der Waals surface area contributed by atoms with Crippen molar-refractivity contribution in [2.75, 3.05) is 11.5 Å². The summed E-state index contributed by atoms with van der Waals surface area (Å²) >= 11 is 0. The Hall–Kier alpha value is 0.770. The van der Waals surface area contributed by atoms with Crippen LogP contribution in [0.15, 0.2) is 24.4 Å². The molecule has 16 heavy (non-hydrogen) atoms. The molecule has 1 rings (SSSR count). The van der Waals surface area contributed by atoms with E-state index in [9.17, 15) is 19.1 Å². The van der Waals surface area contributed by atoms with Crippen molar-refractivity contribution in [2.45, 2.75) is 0 Å². The first kappa shape index (κ1) is 19.1. The Morgan fingerprint density at radius 3 is 2.44 bits per heavy atom. The van der Waals surface area contributed by atoms with Gasteiger partial charge in [-0.1, -0.05) is 13.7 Å². The Balaban J connectivity index is 0. The van der Waals surface area contributed by atoms with Crippen molar-refractivity contribution in [1.29, 1.82) is 0 Å². The van der Waals surface area contributed by atoms with Crippen LogP contribution in [-0.2, 0) is 9.36 Å². The molecule has 1 amide bonds. The van der Waals surface area contributed by atoms with Gasteiger partial charge in [-0.05, 0) is 12.1 Å². The van der Waals surface area contributed by atoms with Gasteiger partial charge in [0.1, 0.15) is 5.82 Å². The molecule has 0 fully saturated rings. The second kappa shape index (κ2) is 8.80. The fourth-order valence-electron chi connectivity index (χ4n) is 0.795. The van der Waals surface area contributed by atoms with Gasteiger partial charge in [0.15, 0.2) is 0 Å². The number of aromatic nitrogens is 1. The summed E-state index contributed by atoms with van der Waals surface area (Å²) in [6.07, 6.45) is 0.382. The summed E-state index contributed by atoms with van der Waals surface area (Å²) in [5, 5.41) is 2.18. The Bertz CT molecular complexity index is 370. The topological polar surface area (TPSA) is 105 Å². The van der Waals surface area contributed by atoms with Crippen molar-refractivity contribution in [3.63, 3.8) is 0 Å². The molecule has 0 atom stereocenters. The number of pyridine rings is 1. The van der Waals surface area contributed by atoms with Gasteiger partial charge >= 0.3 is 59.1 Å². The van der Waals surface area contributed by atoms with E-state index in [1.54, 1.807) is 12.1 Å². The normalized spacial score (nSPS) is 9.62. The summed E-state index contributed by atoms with van der Waals surface area (Å²) in [6, 6.07) is 4.75. The second-order valence-corrected chi connectivity index (χ2v) is 4.07. The van der Waals surface area contributed by atoms with E-state index in [2.05, 4.69) is 10.3 Å². The summed E-state index contributed by atoms with van der Waals surface area (Å²) in [6.45, 7) is 0. The van der Waals surface area contributed by atoms with E-state index in [-0.39, 0.29) is 64.9 Å². The first-order chi connectivity index (χ1) is 6.47.